The molecule has 2 unspecified atom stereocenters. The van der Waals surface area contributed by atoms with Crippen LogP contribution in [0.1, 0.15) is 31.0 Å². The molecule has 2 aliphatic rings. The molecular weight excluding hydrogens is 440 g/mol. The minimum atomic E-state index is -0.610. The van der Waals surface area contributed by atoms with Crippen molar-refractivity contribution in [3.05, 3.63) is 77.0 Å². The van der Waals surface area contributed by atoms with Gasteiger partial charge in [-0.15, -0.1) is 0 Å². The van der Waals surface area contributed by atoms with Gasteiger partial charge >= 0.3 is 5.97 Å². The molecule has 2 heterocycles. The summed E-state index contributed by atoms with van der Waals surface area (Å²) in [5.74, 6) is 0.120. The van der Waals surface area contributed by atoms with Crippen LogP contribution < -0.4 is 4.74 Å². The second-order valence-electron chi connectivity index (χ2n) is 7.74. The fourth-order valence-corrected chi connectivity index (χ4v) is 4.79. The van der Waals surface area contributed by atoms with Crippen LogP contribution in [0.2, 0.25) is 0 Å². The van der Waals surface area contributed by atoms with Crippen LogP contribution in [0.25, 0.3) is 0 Å². The Morgan fingerprint density at radius 1 is 1.09 bits per heavy atom. The van der Waals surface area contributed by atoms with Crippen LogP contribution in [0.4, 0.5) is 0 Å². The van der Waals surface area contributed by atoms with E-state index in [1.54, 1.807) is 18.9 Å². The third-order valence-corrected chi connectivity index (χ3v) is 6.50. The molecule has 2 aromatic rings. The van der Waals surface area contributed by atoms with Gasteiger partial charge in [-0.25, -0.2) is 9.79 Å². The van der Waals surface area contributed by atoms with Crippen molar-refractivity contribution < 1.29 is 23.8 Å². The number of carbonyl (C=O) groups excluding carboxylic acids is 2. The molecule has 8 heteroatoms. The van der Waals surface area contributed by atoms with Crippen LogP contribution in [0.5, 0.6) is 5.75 Å². The summed E-state index contributed by atoms with van der Waals surface area (Å²) in [6.07, 6.45) is 0. The van der Waals surface area contributed by atoms with Gasteiger partial charge in [0.05, 0.1) is 29.2 Å². The Kier molecular flexibility index (Phi) is 7.15. The first kappa shape index (κ1) is 23.1. The summed E-state index contributed by atoms with van der Waals surface area (Å²) >= 11 is 1.40. The molecule has 0 saturated carbocycles. The number of rotatable bonds is 8. The van der Waals surface area contributed by atoms with Gasteiger partial charge in [-0.2, -0.15) is 0 Å². The number of thioether (sulfide) groups is 1. The number of fused-ring (bicyclic) bond motifs is 1. The standard InChI is InChI=1S/C25H26N2O5S/c1-16-21(24(29)31-14-13-30-3)22(27-23(28)17(2)33-25(27)26-16)19-9-11-20(12-10-19)32-15-18-7-5-4-6-8-18/h4-12,17,22H,13-15H2,1-3H3. The largest absolute Gasteiger partial charge is 0.489 e. The van der Waals surface area contributed by atoms with Crippen molar-refractivity contribution in [2.75, 3.05) is 20.3 Å². The summed E-state index contributed by atoms with van der Waals surface area (Å²) in [7, 11) is 1.54. The van der Waals surface area contributed by atoms with Gasteiger partial charge < -0.3 is 14.2 Å². The van der Waals surface area contributed by atoms with Crippen molar-refractivity contribution in [1.82, 2.24) is 4.90 Å². The lowest BCUT2D eigenvalue weighted by molar-refractivity contribution is -0.141. The third-order valence-electron chi connectivity index (χ3n) is 5.44. The van der Waals surface area contributed by atoms with Crippen molar-refractivity contribution in [3.8, 4) is 5.75 Å². The van der Waals surface area contributed by atoms with Crippen molar-refractivity contribution in [2.45, 2.75) is 31.7 Å². The lowest BCUT2D eigenvalue weighted by Gasteiger charge is -2.33. The molecule has 0 aromatic heterocycles. The van der Waals surface area contributed by atoms with E-state index in [1.165, 1.54) is 11.8 Å². The van der Waals surface area contributed by atoms with Gasteiger partial charge in [0.2, 0.25) is 5.91 Å². The molecule has 0 radical (unpaired) electrons. The van der Waals surface area contributed by atoms with E-state index >= 15 is 0 Å². The quantitative estimate of drug-likeness (QED) is 0.431. The highest BCUT2D eigenvalue weighted by Crippen LogP contribution is 2.43. The maximum atomic E-state index is 13.0. The number of hydrogen-bond acceptors (Lipinski definition) is 7. The summed E-state index contributed by atoms with van der Waals surface area (Å²) in [5.41, 5.74) is 2.77. The van der Waals surface area contributed by atoms with E-state index in [-0.39, 0.29) is 17.8 Å². The van der Waals surface area contributed by atoms with Gasteiger partial charge in [0.15, 0.2) is 5.17 Å². The highest BCUT2D eigenvalue weighted by molar-refractivity contribution is 8.15. The van der Waals surface area contributed by atoms with Crippen LogP contribution in [-0.4, -0.2) is 47.5 Å². The number of benzene rings is 2. The van der Waals surface area contributed by atoms with Gasteiger partial charge in [-0.1, -0.05) is 54.2 Å². The van der Waals surface area contributed by atoms with Gasteiger partial charge in [-0.05, 0) is 37.1 Å². The van der Waals surface area contributed by atoms with Crippen molar-refractivity contribution in [1.29, 1.82) is 0 Å². The molecule has 2 aliphatic heterocycles. The topological polar surface area (TPSA) is 77.4 Å². The zero-order chi connectivity index (χ0) is 23.4. The van der Waals surface area contributed by atoms with Gasteiger partial charge in [0.1, 0.15) is 19.0 Å². The zero-order valence-electron chi connectivity index (χ0n) is 18.8. The van der Waals surface area contributed by atoms with Crippen molar-refractivity contribution >= 4 is 28.8 Å². The summed E-state index contributed by atoms with van der Waals surface area (Å²) in [5, 5.41) is 0.337. The first-order valence-corrected chi connectivity index (χ1v) is 11.6. The number of ether oxygens (including phenoxy) is 3. The van der Waals surface area contributed by atoms with E-state index in [1.807, 2.05) is 61.5 Å². The summed E-state index contributed by atoms with van der Waals surface area (Å²) in [6, 6.07) is 16.8. The first-order chi connectivity index (χ1) is 16.0. The molecule has 0 bridgehead atoms. The molecule has 7 nitrogen and oxygen atoms in total. The smallest absolute Gasteiger partial charge is 0.338 e. The average molecular weight is 467 g/mol. The minimum absolute atomic E-state index is 0.0807. The number of esters is 1. The number of aliphatic imine (C=N–C) groups is 1. The Balaban J connectivity index is 1.61. The van der Waals surface area contributed by atoms with Gasteiger partial charge in [0.25, 0.3) is 0 Å². The van der Waals surface area contributed by atoms with E-state index in [2.05, 4.69) is 4.99 Å². The van der Waals surface area contributed by atoms with E-state index in [9.17, 15) is 9.59 Å². The SMILES string of the molecule is COCCOC(=O)C1=C(C)N=C2SC(C)C(=O)N2C1c1ccc(OCc2ccccc2)cc1. The van der Waals surface area contributed by atoms with Crippen LogP contribution in [-0.2, 0) is 25.7 Å². The average Bonchev–Trinajstić information content (AvgIpc) is 3.10. The Hall–Kier alpha value is -3.10. The normalized spacial score (nSPS) is 19.9. The Morgan fingerprint density at radius 3 is 2.52 bits per heavy atom. The molecule has 1 amide bonds. The maximum Gasteiger partial charge on any atom is 0.338 e. The molecule has 2 atom stereocenters. The number of methoxy groups -OCH3 is 1. The summed E-state index contributed by atoms with van der Waals surface area (Å²) in [4.78, 5) is 32.1. The van der Waals surface area contributed by atoms with Crippen LogP contribution in [0.3, 0.4) is 0 Å². The minimum Gasteiger partial charge on any atom is -0.489 e. The fourth-order valence-electron chi connectivity index (χ4n) is 3.76. The molecule has 1 saturated heterocycles. The Labute approximate surface area is 197 Å². The first-order valence-electron chi connectivity index (χ1n) is 10.7. The second kappa shape index (κ2) is 10.2. The number of amides is 1. The maximum absolute atomic E-state index is 13.0. The molecule has 0 spiro atoms. The molecule has 2 aromatic carbocycles. The molecule has 1 fully saturated rings. The predicted molar refractivity (Wildman–Crippen MR) is 127 cm³/mol. The molecular formula is C25H26N2O5S. The monoisotopic (exact) mass is 466 g/mol. The van der Waals surface area contributed by atoms with Crippen molar-refractivity contribution in [3.63, 3.8) is 0 Å². The number of allylic oxidation sites excluding steroid dienone is 1. The van der Waals surface area contributed by atoms with Crippen LogP contribution in [0, 0.1) is 0 Å². The number of carbonyl (C=O) groups is 2. The molecule has 172 valence electrons. The fraction of sp³-hybridized carbons (Fsp3) is 0.320. The predicted octanol–water partition coefficient (Wildman–Crippen LogP) is 4.10. The van der Waals surface area contributed by atoms with E-state index in [4.69, 9.17) is 14.2 Å². The van der Waals surface area contributed by atoms with Gasteiger partial charge in [0, 0.05) is 7.11 Å². The van der Waals surface area contributed by atoms with Gasteiger partial charge in [-0.3, -0.25) is 9.69 Å². The molecule has 0 aliphatic carbocycles. The highest BCUT2D eigenvalue weighted by atomic mass is 32.2. The number of amidine groups is 1. The molecule has 0 N–H and O–H groups in total. The number of nitrogens with zero attached hydrogens (tertiary/aromatic N) is 2. The molecule has 33 heavy (non-hydrogen) atoms. The van der Waals surface area contributed by atoms with E-state index < -0.39 is 12.0 Å². The Bertz CT molecular complexity index is 1080. The summed E-state index contributed by atoms with van der Waals surface area (Å²) in [6.45, 7) is 4.49. The number of hydrogen-bond donors (Lipinski definition) is 0. The summed E-state index contributed by atoms with van der Waals surface area (Å²) < 4.78 is 16.3. The van der Waals surface area contributed by atoms with E-state index in [0.717, 1.165) is 11.1 Å². The van der Waals surface area contributed by atoms with Crippen molar-refractivity contribution in [2.24, 2.45) is 4.99 Å². The lowest BCUT2D eigenvalue weighted by Crippen LogP contribution is -2.40. The second-order valence-corrected chi connectivity index (χ2v) is 9.04. The lowest BCUT2D eigenvalue weighted by atomic mass is 9.94. The third kappa shape index (κ3) is 4.96. The Morgan fingerprint density at radius 2 is 1.82 bits per heavy atom. The highest BCUT2D eigenvalue weighted by Gasteiger charge is 2.46. The van der Waals surface area contributed by atoms with Crippen LogP contribution in [0.15, 0.2) is 70.9 Å². The zero-order valence-corrected chi connectivity index (χ0v) is 19.6. The van der Waals surface area contributed by atoms with Crippen LogP contribution >= 0.6 is 11.8 Å². The van der Waals surface area contributed by atoms with E-state index in [0.29, 0.717) is 35.4 Å². The molecule has 4 rings (SSSR count).